The van der Waals surface area contributed by atoms with Crippen LogP contribution in [0.15, 0.2) is 14.6 Å². The first-order valence-electron chi connectivity index (χ1n) is 7.02. The van der Waals surface area contributed by atoms with Crippen molar-refractivity contribution in [3.63, 3.8) is 0 Å². The highest BCUT2D eigenvalue weighted by Gasteiger charge is 2.18. The fraction of sp³-hybridized carbons (Fsp3) is 0.571. The maximum absolute atomic E-state index is 12.5. The van der Waals surface area contributed by atoms with Crippen molar-refractivity contribution in [2.24, 2.45) is 14.1 Å². The molecule has 0 radical (unpaired) electrons. The Morgan fingerprint density at radius 1 is 1.23 bits per heavy atom. The van der Waals surface area contributed by atoms with Crippen LogP contribution in [0.1, 0.15) is 26.1 Å². The Bertz CT molecular complexity index is 812. The van der Waals surface area contributed by atoms with Crippen molar-refractivity contribution >= 4 is 22.8 Å². The zero-order valence-corrected chi connectivity index (χ0v) is 14.2. The van der Waals surface area contributed by atoms with Gasteiger partial charge in [-0.25, -0.2) is 14.8 Å². The smallest absolute Gasteiger partial charge is 0.332 e. The maximum atomic E-state index is 12.5. The highest BCUT2D eigenvalue weighted by atomic mass is 32.2. The van der Waals surface area contributed by atoms with E-state index < -0.39 is 5.69 Å². The Kier molecular flexibility index (Phi) is 5.02. The summed E-state index contributed by atoms with van der Waals surface area (Å²) in [7, 11) is 4.62. The molecule has 0 spiro atoms. The molecule has 1 atom stereocenters. The standard InChI is InChI=1S/C14H20N4O3S/c1-6-8(2)22-12-10-11(15-9(16-12)7-21-5)17(3)14(20)18(4)13(10)19/h8H,6-7H2,1-5H3/t8-/m0/s1. The number of aryl methyl sites for hydroxylation is 1. The van der Waals surface area contributed by atoms with E-state index in [1.165, 1.54) is 23.4 Å². The van der Waals surface area contributed by atoms with Crippen LogP contribution < -0.4 is 11.2 Å². The molecule has 0 saturated heterocycles. The minimum Gasteiger partial charge on any atom is -0.377 e. The van der Waals surface area contributed by atoms with E-state index in [1.54, 1.807) is 14.2 Å². The molecule has 0 N–H and O–H groups in total. The van der Waals surface area contributed by atoms with E-state index in [4.69, 9.17) is 4.74 Å². The molecular weight excluding hydrogens is 304 g/mol. The zero-order chi connectivity index (χ0) is 16.4. The molecule has 22 heavy (non-hydrogen) atoms. The Balaban J connectivity index is 2.85. The van der Waals surface area contributed by atoms with Crippen molar-refractivity contribution in [3.8, 4) is 0 Å². The SMILES string of the molecule is CC[C@H](C)Sc1nc(COC)nc2c1c(=O)n(C)c(=O)n2C. The molecule has 2 rings (SSSR count). The van der Waals surface area contributed by atoms with Gasteiger partial charge in [0.25, 0.3) is 5.56 Å². The molecule has 2 heterocycles. The van der Waals surface area contributed by atoms with Crippen molar-refractivity contribution in [1.82, 2.24) is 19.1 Å². The molecule has 2 aromatic heterocycles. The molecule has 0 aliphatic rings. The van der Waals surface area contributed by atoms with Crippen LogP contribution >= 0.6 is 11.8 Å². The minimum atomic E-state index is -0.404. The predicted molar refractivity (Wildman–Crippen MR) is 86.3 cm³/mol. The summed E-state index contributed by atoms with van der Waals surface area (Å²) in [5, 5.41) is 1.28. The maximum Gasteiger partial charge on any atom is 0.332 e. The van der Waals surface area contributed by atoms with Crippen molar-refractivity contribution in [1.29, 1.82) is 0 Å². The van der Waals surface area contributed by atoms with Crippen LogP contribution in [0.25, 0.3) is 11.0 Å². The van der Waals surface area contributed by atoms with Gasteiger partial charge in [0.15, 0.2) is 11.5 Å². The lowest BCUT2D eigenvalue weighted by Gasteiger charge is -2.13. The monoisotopic (exact) mass is 324 g/mol. The highest BCUT2D eigenvalue weighted by Crippen LogP contribution is 2.27. The van der Waals surface area contributed by atoms with Gasteiger partial charge in [-0.15, -0.1) is 11.8 Å². The van der Waals surface area contributed by atoms with Gasteiger partial charge < -0.3 is 4.74 Å². The Morgan fingerprint density at radius 2 is 1.91 bits per heavy atom. The fourth-order valence-electron chi connectivity index (χ4n) is 2.02. The molecule has 120 valence electrons. The van der Waals surface area contributed by atoms with E-state index in [2.05, 4.69) is 23.8 Å². The molecule has 0 amide bonds. The van der Waals surface area contributed by atoms with Crippen LogP contribution in [0.4, 0.5) is 0 Å². The molecule has 2 aromatic rings. The average molecular weight is 324 g/mol. The number of aromatic nitrogens is 4. The quantitative estimate of drug-likeness (QED) is 0.604. The van der Waals surface area contributed by atoms with E-state index in [9.17, 15) is 9.59 Å². The van der Waals surface area contributed by atoms with Crippen molar-refractivity contribution in [3.05, 3.63) is 26.7 Å². The molecule has 0 aromatic carbocycles. The Hall–Kier alpha value is -1.67. The van der Waals surface area contributed by atoms with E-state index in [0.29, 0.717) is 27.1 Å². The zero-order valence-electron chi connectivity index (χ0n) is 13.4. The molecule has 0 fully saturated rings. The second-order valence-electron chi connectivity index (χ2n) is 5.12. The summed E-state index contributed by atoms with van der Waals surface area (Å²) < 4.78 is 7.54. The van der Waals surface area contributed by atoms with Crippen LogP contribution in [-0.4, -0.2) is 31.5 Å². The van der Waals surface area contributed by atoms with Crippen LogP contribution in [0.3, 0.4) is 0 Å². The molecule has 7 nitrogen and oxygen atoms in total. The summed E-state index contributed by atoms with van der Waals surface area (Å²) in [6, 6.07) is 0. The number of fused-ring (bicyclic) bond motifs is 1. The van der Waals surface area contributed by atoms with Gasteiger partial charge in [-0.05, 0) is 6.42 Å². The van der Waals surface area contributed by atoms with Crippen LogP contribution in [0, 0.1) is 0 Å². The lowest BCUT2D eigenvalue weighted by Crippen LogP contribution is -2.38. The predicted octanol–water partition coefficient (Wildman–Crippen LogP) is 1.06. The van der Waals surface area contributed by atoms with Crippen LogP contribution in [0.5, 0.6) is 0 Å². The average Bonchev–Trinajstić information content (AvgIpc) is 2.50. The van der Waals surface area contributed by atoms with E-state index in [-0.39, 0.29) is 12.2 Å². The number of hydrogen-bond donors (Lipinski definition) is 0. The van der Waals surface area contributed by atoms with E-state index in [0.717, 1.165) is 11.0 Å². The molecule has 0 unspecified atom stereocenters. The molecule has 0 saturated carbocycles. The topological polar surface area (TPSA) is 79.0 Å². The van der Waals surface area contributed by atoms with E-state index in [1.807, 2.05) is 0 Å². The first-order valence-corrected chi connectivity index (χ1v) is 7.90. The number of hydrogen-bond acceptors (Lipinski definition) is 6. The molecule has 0 aliphatic carbocycles. The lowest BCUT2D eigenvalue weighted by atomic mass is 10.4. The third-order valence-electron chi connectivity index (χ3n) is 3.47. The fourth-order valence-corrected chi connectivity index (χ4v) is 3.03. The van der Waals surface area contributed by atoms with Gasteiger partial charge in [-0.2, -0.15) is 0 Å². The largest absolute Gasteiger partial charge is 0.377 e. The molecule has 0 bridgehead atoms. The Labute approximate surface area is 132 Å². The van der Waals surface area contributed by atoms with Crippen LogP contribution in [-0.2, 0) is 25.4 Å². The molecule has 8 heteroatoms. The summed E-state index contributed by atoms with van der Waals surface area (Å²) in [6.45, 7) is 4.37. The van der Waals surface area contributed by atoms with Crippen molar-refractivity contribution in [2.75, 3.05) is 7.11 Å². The van der Waals surface area contributed by atoms with Crippen molar-refractivity contribution < 1.29 is 4.74 Å². The van der Waals surface area contributed by atoms with Gasteiger partial charge in [0.1, 0.15) is 17.0 Å². The molecular formula is C14H20N4O3S. The third kappa shape index (κ3) is 2.93. The Morgan fingerprint density at radius 3 is 2.50 bits per heavy atom. The number of methoxy groups -OCH3 is 1. The van der Waals surface area contributed by atoms with Crippen molar-refractivity contribution in [2.45, 2.75) is 37.2 Å². The second-order valence-corrected chi connectivity index (χ2v) is 6.55. The van der Waals surface area contributed by atoms with Gasteiger partial charge >= 0.3 is 5.69 Å². The lowest BCUT2D eigenvalue weighted by molar-refractivity contribution is 0.177. The summed E-state index contributed by atoms with van der Waals surface area (Å²) >= 11 is 1.52. The number of ether oxygens (including phenoxy) is 1. The first-order chi connectivity index (χ1) is 10.4. The second kappa shape index (κ2) is 6.62. The highest BCUT2D eigenvalue weighted by molar-refractivity contribution is 8.00. The minimum absolute atomic E-state index is 0.230. The third-order valence-corrected chi connectivity index (χ3v) is 4.73. The number of nitrogens with zero attached hydrogens (tertiary/aromatic N) is 4. The van der Waals surface area contributed by atoms with Crippen LogP contribution in [0.2, 0.25) is 0 Å². The summed E-state index contributed by atoms with van der Waals surface area (Å²) in [4.78, 5) is 33.3. The number of rotatable bonds is 5. The van der Waals surface area contributed by atoms with Gasteiger partial charge in [-0.1, -0.05) is 13.8 Å². The normalized spacial score (nSPS) is 12.8. The summed E-state index contributed by atoms with van der Waals surface area (Å²) in [5.41, 5.74) is -0.423. The van der Waals surface area contributed by atoms with Gasteiger partial charge in [0.2, 0.25) is 0 Å². The summed E-state index contributed by atoms with van der Waals surface area (Å²) in [6.07, 6.45) is 0.946. The first kappa shape index (κ1) is 16.7. The van der Waals surface area contributed by atoms with Gasteiger partial charge in [0.05, 0.1) is 0 Å². The molecule has 0 aliphatic heterocycles. The van der Waals surface area contributed by atoms with Gasteiger partial charge in [-0.3, -0.25) is 13.9 Å². The summed E-state index contributed by atoms with van der Waals surface area (Å²) in [5.74, 6) is 0.462. The van der Waals surface area contributed by atoms with Gasteiger partial charge in [0, 0.05) is 26.5 Å². The number of thioether (sulfide) groups is 1. The van der Waals surface area contributed by atoms with E-state index >= 15 is 0 Å².